The second kappa shape index (κ2) is 6.34. The zero-order valence-electron chi connectivity index (χ0n) is 11.1. The fourth-order valence-electron chi connectivity index (χ4n) is 1.51. The zero-order chi connectivity index (χ0) is 14.8. The summed E-state index contributed by atoms with van der Waals surface area (Å²) >= 11 is 4.57. The molecule has 1 atom stereocenters. The van der Waals surface area contributed by atoms with Crippen LogP contribution in [0.1, 0.15) is 18.7 Å². The molecule has 0 aromatic carbocycles. The number of carbonyl (C=O) groups excluding carboxylic acids is 1. The maximum absolute atomic E-state index is 12.3. The number of carbonyl (C=O) groups is 1. The van der Waals surface area contributed by atoms with E-state index in [0.717, 1.165) is 3.79 Å². The van der Waals surface area contributed by atoms with Crippen LogP contribution in [0.5, 0.6) is 0 Å². The first-order chi connectivity index (χ1) is 8.69. The third-order valence-electron chi connectivity index (χ3n) is 2.54. The van der Waals surface area contributed by atoms with Crippen molar-refractivity contribution in [3.8, 4) is 0 Å². The maximum Gasteiger partial charge on any atom is 0.324 e. The summed E-state index contributed by atoms with van der Waals surface area (Å²) in [5.74, 6) is -0.796. The monoisotopic (exact) mass is 369 g/mol. The van der Waals surface area contributed by atoms with E-state index in [2.05, 4.69) is 25.4 Å². The average Bonchev–Trinajstić information content (AvgIpc) is 2.65. The molecule has 0 saturated heterocycles. The number of esters is 1. The molecular weight excluding hydrogens is 354 g/mol. The Hall–Kier alpha value is -0.440. The number of hydrogen-bond donors (Lipinski definition) is 1. The minimum Gasteiger partial charge on any atom is -0.468 e. The van der Waals surface area contributed by atoms with Gasteiger partial charge in [0.15, 0.2) is 0 Å². The Morgan fingerprint density at radius 3 is 2.42 bits per heavy atom. The summed E-state index contributed by atoms with van der Waals surface area (Å²) in [5.41, 5.74) is 0. The molecule has 0 aliphatic carbocycles. The second-order valence-electron chi connectivity index (χ2n) is 4.34. The molecule has 1 aromatic rings. The summed E-state index contributed by atoms with van der Waals surface area (Å²) < 4.78 is 32.3. The minimum absolute atomic E-state index is 0.180. The topological polar surface area (TPSA) is 72.5 Å². The highest BCUT2D eigenvalue weighted by Gasteiger charge is 2.30. The van der Waals surface area contributed by atoms with Gasteiger partial charge < -0.3 is 4.74 Å². The largest absolute Gasteiger partial charge is 0.468 e. The average molecular weight is 370 g/mol. The van der Waals surface area contributed by atoms with Crippen molar-refractivity contribution in [1.82, 2.24) is 4.72 Å². The van der Waals surface area contributed by atoms with E-state index in [1.54, 1.807) is 20.8 Å². The Morgan fingerprint density at radius 1 is 1.47 bits per heavy atom. The molecule has 0 radical (unpaired) electrons. The maximum atomic E-state index is 12.3. The molecular formula is C11H16BrNO4S2. The molecule has 1 rings (SSSR count). The van der Waals surface area contributed by atoms with E-state index < -0.39 is 22.0 Å². The van der Waals surface area contributed by atoms with Crippen molar-refractivity contribution in [2.75, 3.05) is 7.11 Å². The van der Waals surface area contributed by atoms with E-state index in [-0.39, 0.29) is 10.8 Å². The van der Waals surface area contributed by atoms with Crippen molar-refractivity contribution in [3.63, 3.8) is 0 Å². The third-order valence-corrected chi connectivity index (χ3v) is 5.79. The van der Waals surface area contributed by atoms with Gasteiger partial charge in [0.25, 0.3) is 0 Å². The number of ether oxygens (including phenoxy) is 1. The Morgan fingerprint density at radius 2 is 2.05 bits per heavy atom. The number of nitrogens with one attached hydrogen (secondary N) is 1. The van der Waals surface area contributed by atoms with Crippen LogP contribution in [0.2, 0.25) is 0 Å². The minimum atomic E-state index is -3.74. The number of aryl methyl sites for hydroxylation is 1. The number of methoxy groups -OCH3 is 1. The lowest BCUT2D eigenvalue weighted by atomic mass is 10.1. The van der Waals surface area contributed by atoms with Gasteiger partial charge in [-0.2, -0.15) is 4.72 Å². The van der Waals surface area contributed by atoms with Gasteiger partial charge in [0, 0.05) is 4.88 Å². The van der Waals surface area contributed by atoms with Gasteiger partial charge in [-0.15, -0.1) is 11.3 Å². The molecule has 1 heterocycles. The number of rotatable bonds is 5. The smallest absolute Gasteiger partial charge is 0.324 e. The molecule has 0 saturated carbocycles. The van der Waals surface area contributed by atoms with E-state index >= 15 is 0 Å². The predicted octanol–water partition coefficient (Wildman–Crippen LogP) is 2.29. The van der Waals surface area contributed by atoms with Crippen LogP contribution in [0.4, 0.5) is 0 Å². The number of hydrogen-bond acceptors (Lipinski definition) is 5. The molecule has 0 aliphatic heterocycles. The summed E-state index contributed by atoms with van der Waals surface area (Å²) in [7, 11) is -2.51. The normalized spacial score (nSPS) is 13.6. The Kier molecular flexibility index (Phi) is 5.54. The lowest BCUT2D eigenvalue weighted by molar-refractivity contribution is -0.143. The van der Waals surface area contributed by atoms with Gasteiger partial charge in [-0.25, -0.2) is 8.42 Å². The van der Waals surface area contributed by atoms with Gasteiger partial charge in [0.05, 0.1) is 15.8 Å². The molecule has 0 bridgehead atoms. The standard InChI is InChI=1S/C11H16BrNO4S2/c1-6(2)10(11(14)17-4)13-19(15,16)8-5-9(12)18-7(8)3/h5-6,10,13H,1-4H3. The van der Waals surface area contributed by atoms with E-state index in [1.165, 1.54) is 24.5 Å². The predicted molar refractivity (Wildman–Crippen MR) is 77.7 cm³/mol. The summed E-state index contributed by atoms with van der Waals surface area (Å²) in [6.45, 7) is 5.22. The Balaban J connectivity index is 3.08. The molecule has 108 valence electrons. The van der Waals surface area contributed by atoms with Crippen molar-refractivity contribution >= 4 is 43.3 Å². The molecule has 0 amide bonds. The summed E-state index contributed by atoms with van der Waals surface area (Å²) in [4.78, 5) is 12.4. The highest BCUT2D eigenvalue weighted by atomic mass is 79.9. The first kappa shape index (κ1) is 16.6. The zero-order valence-corrected chi connectivity index (χ0v) is 14.3. The van der Waals surface area contributed by atoms with Gasteiger partial charge in [0.2, 0.25) is 10.0 Å². The third kappa shape index (κ3) is 4.01. The SMILES string of the molecule is COC(=O)C(NS(=O)(=O)c1cc(Br)sc1C)C(C)C. The van der Waals surface area contributed by atoms with Crippen LogP contribution in [-0.2, 0) is 19.6 Å². The van der Waals surface area contributed by atoms with Crippen molar-refractivity contribution in [2.45, 2.75) is 31.7 Å². The van der Waals surface area contributed by atoms with E-state index in [9.17, 15) is 13.2 Å². The van der Waals surface area contributed by atoms with Crippen LogP contribution in [-0.4, -0.2) is 27.5 Å². The fourth-order valence-corrected chi connectivity index (χ4v) is 5.26. The fraction of sp³-hybridized carbons (Fsp3) is 0.545. The lowest BCUT2D eigenvalue weighted by Gasteiger charge is -2.19. The molecule has 0 fully saturated rings. The number of thiophene rings is 1. The van der Waals surface area contributed by atoms with Crippen molar-refractivity contribution in [2.24, 2.45) is 5.92 Å². The van der Waals surface area contributed by atoms with Gasteiger partial charge in [-0.1, -0.05) is 13.8 Å². The first-order valence-electron chi connectivity index (χ1n) is 5.55. The molecule has 1 N–H and O–H groups in total. The van der Waals surface area contributed by atoms with Gasteiger partial charge in [-0.05, 0) is 34.8 Å². The number of sulfonamides is 1. The number of halogens is 1. The van der Waals surface area contributed by atoms with E-state index in [1.807, 2.05) is 0 Å². The van der Waals surface area contributed by atoms with Gasteiger partial charge in [-0.3, -0.25) is 4.79 Å². The van der Waals surface area contributed by atoms with Crippen LogP contribution in [0.15, 0.2) is 14.7 Å². The molecule has 19 heavy (non-hydrogen) atoms. The van der Waals surface area contributed by atoms with Crippen LogP contribution in [0.3, 0.4) is 0 Å². The summed E-state index contributed by atoms with van der Waals surface area (Å²) in [6.07, 6.45) is 0. The molecule has 1 aromatic heterocycles. The highest BCUT2D eigenvalue weighted by Crippen LogP contribution is 2.29. The Bertz CT molecular complexity index is 565. The van der Waals surface area contributed by atoms with Crippen molar-refractivity contribution < 1.29 is 17.9 Å². The second-order valence-corrected chi connectivity index (χ2v) is 8.66. The van der Waals surface area contributed by atoms with E-state index in [0.29, 0.717) is 4.88 Å². The lowest BCUT2D eigenvalue weighted by Crippen LogP contribution is -2.44. The van der Waals surface area contributed by atoms with Crippen LogP contribution >= 0.6 is 27.3 Å². The van der Waals surface area contributed by atoms with Crippen molar-refractivity contribution in [1.29, 1.82) is 0 Å². The van der Waals surface area contributed by atoms with Crippen LogP contribution in [0.25, 0.3) is 0 Å². The molecule has 8 heteroatoms. The molecule has 0 spiro atoms. The molecule has 5 nitrogen and oxygen atoms in total. The Labute approximate surface area is 125 Å². The molecule has 0 aliphatic rings. The van der Waals surface area contributed by atoms with Crippen LogP contribution in [0, 0.1) is 12.8 Å². The van der Waals surface area contributed by atoms with Gasteiger partial charge in [0.1, 0.15) is 6.04 Å². The first-order valence-corrected chi connectivity index (χ1v) is 8.64. The molecule has 1 unspecified atom stereocenters. The van der Waals surface area contributed by atoms with Crippen LogP contribution < -0.4 is 4.72 Å². The van der Waals surface area contributed by atoms with Crippen molar-refractivity contribution in [3.05, 3.63) is 14.7 Å². The highest BCUT2D eigenvalue weighted by molar-refractivity contribution is 9.11. The van der Waals surface area contributed by atoms with E-state index in [4.69, 9.17) is 0 Å². The summed E-state index contributed by atoms with van der Waals surface area (Å²) in [6, 6.07) is 0.630. The van der Waals surface area contributed by atoms with Gasteiger partial charge >= 0.3 is 5.97 Å². The summed E-state index contributed by atoms with van der Waals surface area (Å²) in [5, 5.41) is 0. The quantitative estimate of drug-likeness (QED) is 0.808.